The highest BCUT2D eigenvalue weighted by molar-refractivity contribution is 5.78. The lowest BCUT2D eigenvalue weighted by Gasteiger charge is -2.24. The van der Waals surface area contributed by atoms with Gasteiger partial charge in [0.25, 0.3) is 0 Å². The number of nitrogens with one attached hydrogen (secondary N) is 1. The number of aliphatic hydroxyl groups excluding tert-OH is 1. The lowest BCUT2D eigenvalue weighted by Crippen LogP contribution is -2.33. The van der Waals surface area contributed by atoms with Gasteiger partial charge in [0, 0.05) is 5.92 Å². The molecule has 0 radical (unpaired) electrons. The molecule has 1 saturated carbocycles. The molecule has 1 fully saturated rings. The van der Waals surface area contributed by atoms with Crippen LogP contribution in [0.5, 0.6) is 0 Å². The first-order valence-corrected chi connectivity index (χ1v) is 7.66. The van der Waals surface area contributed by atoms with E-state index in [1.54, 1.807) is 12.1 Å². The zero-order valence-electron chi connectivity index (χ0n) is 12.2. The van der Waals surface area contributed by atoms with E-state index in [-0.39, 0.29) is 18.4 Å². The highest BCUT2D eigenvalue weighted by atomic mass is 16.4. The van der Waals surface area contributed by atoms with Gasteiger partial charge in [0.2, 0.25) is 5.91 Å². The fourth-order valence-corrected chi connectivity index (χ4v) is 2.98. The van der Waals surface area contributed by atoms with E-state index < -0.39 is 6.10 Å². The predicted molar refractivity (Wildman–Crippen MR) is 77.0 cm³/mol. The number of carbonyl (C=O) groups excluding carboxylic acids is 1. The largest absolute Gasteiger partial charge is 0.467 e. The summed E-state index contributed by atoms with van der Waals surface area (Å²) < 4.78 is 5.11. The van der Waals surface area contributed by atoms with E-state index >= 15 is 0 Å². The third-order valence-corrected chi connectivity index (χ3v) is 4.20. The molecule has 1 aromatic heterocycles. The zero-order chi connectivity index (χ0) is 14.4. The maximum absolute atomic E-state index is 12.0. The number of amides is 1. The Balaban J connectivity index is 1.70. The molecule has 2 rings (SSSR count). The summed E-state index contributed by atoms with van der Waals surface area (Å²) in [6.45, 7) is 2.19. The van der Waals surface area contributed by atoms with Crippen molar-refractivity contribution in [1.82, 2.24) is 5.32 Å². The van der Waals surface area contributed by atoms with Gasteiger partial charge in [0.1, 0.15) is 11.9 Å². The smallest absolute Gasteiger partial charge is 0.222 e. The van der Waals surface area contributed by atoms with Crippen molar-refractivity contribution in [2.24, 2.45) is 11.8 Å². The van der Waals surface area contributed by atoms with Crippen molar-refractivity contribution in [3.05, 3.63) is 24.2 Å². The minimum Gasteiger partial charge on any atom is -0.467 e. The van der Waals surface area contributed by atoms with Crippen LogP contribution >= 0.6 is 0 Å². The molecule has 0 bridgehead atoms. The van der Waals surface area contributed by atoms with Gasteiger partial charge >= 0.3 is 0 Å². The van der Waals surface area contributed by atoms with E-state index in [1.807, 2.05) is 6.92 Å². The Kier molecular flexibility index (Phi) is 5.65. The summed E-state index contributed by atoms with van der Waals surface area (Å²) in [5.74, 6) is 1.23. The van der Waals surface area contributed by atoms with Gasteiger partial charge < -0.3 is 14.8 Å². The van der Waals surface area contributed by atoms with Crippen LogP contribution in [0.4, 0.5) is 0 Å². The van der Waals surface area contributed by atoms with Gasteiger partial charge in [0.05, 0.1) is 12.8 Å². The van der Waals surface area contributed by atoms with E-state index in [0.29, 0.717) is 11.7 Å². The van der Waals surface area contributed by atoms with Crippen LogP contribution in [0.2, 0.25) is 0 Å². The second-order valence-electron chi connectivity index (χ2n) is 5.92. The summed E-state index contributed by atoms with van der Waals surface area (Å²) in [5.41, 5.74) is 0. The van der Waals surface area contributed by atoms with Crippen molar-refractivity contribution in [3.63, 3.8) is 0 Å². The Morgan fingerprint density at radius 3 is 2.85 bits per heavy atom. The minimum atomic E-state index is -0.768. The number of aliphatic hydroxyl groups is 1. The molecule has 4 nitrogen and oxygen atoms in total. The molecule has 4 heteroatoms. The Labute approximate surface area is 120 Å². The summed E-state index contributed by atoms with van der Waals surface area (Å²) in [6, 6.07) is 3.44. The molecule has 2 atom stereocenters. The zero-order valence-corrected chi connectivity index (χ0v) is 12.2. The number of rotatable bonds is 6. The van der Waals surface area contributed by atoms with E-state index in [4.69, 9.17) is 4.42 Å². The summed E-state index contributed by atoms with van der Waals surface area (Å²) in [4.78, 5) is 12.0. The summed E-state index contributed by atoms with van der Waals surface area (Å²) >= 11 is 0. The van der Waals surface area contributed by atoms with Gasteiger partial charge in [-0.3, -0.25) is 4.79 Å². The molecule has 0 aliphatic heterocycles. The molecule has 2 N–H and O–H groups in total. The highest BCUT2D eigenvalue weighted by Crippen LogP contribution is 2.29. The van der Waals surface area contributed by atoms with Crippen LogP contribution in [0.25, 0.3) is 0 Å². The molecule has 1 aliphatic rings. The first-order valence-electron chi connectivity index (χ1n) is 7.66. The van der Waals surface area contributed by atoms with Crippen molar-refractivity contribution < 1.29 is 14.3 Å². The monoisotopic (exact) mass is 279 g/mol. The van der Waals surface area contributed by atoms with Gasteiger partial charge in [-0.1, -0.05) is 39.0 Å². The molecular weight excluding hydrogens is 254 g/mol. The molecule has 0 spiro atoms. The average Bonchev–Trinajstić information content (AvgIpc) is 2.99. The number of hydrogen-bond donors (Lipinski definition) is 2. The highest BCUT2D eigenvalue weighted by Gasteiger charge is 2.21. The van der Waals surface area contributed by atoms with Crippen molar-refractivity contribution in [2.75, 3.05) is 6.54 Å². The van der Waals surface area contributed by atoms with E-state index in [9.17, 15) is 9.90 Å². The molecule has 1 heterocycles. The van der Waals surface area contributed by atoms with E-state index in [0.717, 1.165) is 6.42 Å². The van der Waals surface area contributed by atoms with Crippen LogP contribution < -0.4 is 5.32 Å². The second-order valence-corrected chi connectivity index (χ2v) is 5.92. The lowest BCUT2D eigenvalue weighted by molar-refractivity contribution is -0.125. The maximum Gasteiger partial charge on any atom is 0.222 e. The average molecular weight is 279 g/mol. The van der Waals surface area contributed by atoms with Crippen molar-refractivity contribution >= 4 is 5.91 Å². The predicted octanol–water partition coefficient (Wildman–Crippen LogP) is 3.04. The lowest BCUT2D eigenvalue weighted by atomic mass is 9.83. The number of carbonyl (C=O) groups is 1. The molecule has 2 unspecified atom stereocenters. The molecular formula is C16H25NO3. The first-order chi connectivity index (χ1) is 9.66. The summed E-state index contributed by atoms with van der Waals surface area (Å²) in [6.07, 6.45) is 8.17. The van der Waals surface area contributed by atoms with Gasteiger partial charge in [-0.05, 0) is 24.5 Å². The fourth-order valence-electron chi connectivity index (χ4n) is 2.98. The van der Waals surface area contributed by atoms with Crippen LogP contribution in [-0.2, 0) is 4.79 Å². The van der Waals surface area contributed by atoms with Crippen LogP contribution in [0.3, 0.4) is 0 Å². The molecule has 0 aromatic carbocycles. The Hall–Kier alpha value is -1.29. The SMILES string of the molecule is CC(CC1CCCCC1)C(=O)NCC(O)c1ccco1. The Morgan fingerprint density at radius 1 is 1.45 bits per heavy atom. The Morgan fingerprint density at radius 2 is 2.20 bits per heavy atom. The molecule has 0 saturated heterocycles. The normalized spacial score (nSPS) is 19.5. The Bertz CT molecular complexity index is 396. The van der Waals surface area contributed by atoms with Crippen LogP contribution in [0, 0.1) is 11.8 Å². The van der Waals surface area contributed by atoms with Crippen molar-refractivity contribution in [3.8, 4) is 0 Å². The molecule has 20 heavy (non-hydrogen) atoms. The molecule has 1 amide bonds. The standard InChI is InChI=1S/C16H25NO3/c1-12(10-13-6-3-2-4-7-13)16(19)17-11-14(18)15-8-5-9-20-15/h5,8-9,12-14,18H,2-4,6-7,10-11H2,1H3,(H,17,19). The van der Waals surface area contributed by atoms with Crippen molar-refractivity contribution in [1.29, 1.82) is 0 Å². The molecule has 1 aromatic rings. The van der Waals surface area contributed by atoms with Crippen LogP contribution in [-0.4, -0.2) is 17.6 Å². The van der Waals surface area contributed by atoms with Gasteiger partial charge in [0.15, 0.2) is 0 Å². The molecule has 112 valence electrons. The minimum absolute atomic E-state index is 0.0156. The van der Waals surface area contributed by atoms with Crippen LogP contribution in [0.15, 0.2) is 22.8 Å². The fraction of sp³-hybridized carbons (Fsp3) is 0.688. The third kappa shape index (κ3) is 4.37. The second kappa shape index (κ2) is 7.48. The number of furan rings is 1. The number of hydrogen-bond acceptors (Lipinski definition) is 3. The van der Waals surface area contributed by atoms with Gasteiger partial charge in [-0.25, -0.2) is 0 Å². The van der Waals surface area contributed by atoms with Gasteiger partial charge in [-0.15, -0.1) is 0 Å². The van der Waals surface area contributed by atoms with E-state index in [1.165, 1.54) is 38.4 Å². The summed E-state index contributed by atoms with van der Waals surface area (Å²) in [5, 5.41) is 12.7. The third-order valence-electron chi connectivity index (χ3n) is 4.20. The quantitative estimate of drug-likeness (QED) is 0.841. The van der Waals surface area contributed by atoms with Crippen LogP contribution in [0.1, 0.15) is 57.3 Å². The topological polar surface area (TPSA) is 62.5 Å². The van der Waals surface area contributed by atoms with E-state index in [2.05, 4.69) is 5.32 Å². The van der Waals surface area contributed by atoms with Gasteiger partial charge in [-0.2, -0.15) is 0 Å². The molecule has 1 aliphatic carbocycles. The maximum atomic E-state index is 12.0. The summed E-state index contributed by atoms with van der Waals surface area (Å²) in [7, 11) is 0. The van der Waals surface area contributed by atoms with Crippen molar-refractivity contribution in [2.45, 2.75) is 51.6 Å². The first kappa shape index (κ1) is 15.1.